The number of esters is 1. The number of carbonyl (C=O) groups is 2. The van der Waals surface area contributed by atoms with Crippen LogP contribution in [-0.2, 0) is 27.5 Å². The number of nitrogens with zero attached hydrogens (tertiary/aromatic N) is 2. The molecule has 0 saturated carbocycles. The number of rotatable bonds is 8. The molecule has 1 aromatic heterocycles. The Bertz CT molecular complexity index is 983. The summed E-state index contributed by atoms with van der Waals surface area (Å²) < 4.78 is 16.2. The third-order valence-corrected chi connectivity index (χ3v) is 5.90. The first kappa shape index (κ1) is 23.9. The number of thioether (sulfide) groups is 1. The normalized spacial score (nSPS) is 15.3. The molecular formula is C23H28N2O6S. The van der Waals surface area contributed by atoms with Crippen molar-refractivity contribution in [1.29, 1.82) is 0 Å². The Morgan fingerprint density at radius 1 is 1.16 bits per heavy atom. The van der Waals surface area contributed by atoms with Crippen LogP contribution in [0.15, 0.2) is 50.7 Å². The zero-order chi connectivity index (χ0) is 23.1. The summed E-state index contributed by atoms with van der Waals surface area (Å²) in [5.41, 5.74) is 0.748. The Labute approximate surface area is 191 Å². The molecule has 172 valence electrons. The van der Waals surface area contributed by atoms with Gasteiger partial charge in [0.2, 0.25) is 11.2 Å². The number of benzene rings is 1. The molecule has 8 nitrogen and oxygen atoms in total. The molecule has 1 saturated heterocycles. The lowest BCUT2D eigenvalue weighted by Gasteiger charge is -2.35. The highest BCUT2D eigenvalue weighted by Crippen LogP contribution is 2.17. The molecule has 1 fully saturated rings. The van der Waals surface area contributed by atoms with Crippen molar-refractivity contribution in [2.75, 3.05) is 32.4 Å². The molecular weight excluding hydrogens is 432 g/mol. The second-order valence-electron chi connectivity index (χ2n) is 7.56. The lowest BCUT2D eigenvalue weighted by atomic mass is 10.2. The summed E-state index contributed by atoms with van der Waals surface area (Å²) in [5, 5.41) is 0. The molecule has 0 bridgehead atoms. The molecule has 32 heavy (non-hydrogen) atoms. The van der Waals surface area contributed by atoms with E-state index in [1.807, 2.05) is 30.5 Å². The standard InChI is InChI=1S/C23H28N2O6S/c1-16(31-17(2)26)23(28)25-10-8-24(9-11-25)13-19-12-21(27)22(15-29-19)30-14-18-4-6-20(32-3)7-5-18/h4-7,12,15-16H,8-11,13-14H2,1-3H3/t16-/m0/s1. The van der Waals surface area contributed by atoms with Crippen molar-refractivity contribution in [2.45, 2.75) is 38.0 Å². The van der Waals surface area contributed by atoms with Crippen LogP contribution in [0, 0.1) is 0 Å². The van der Waals surface area contributed by atoms with E-state index >= 15 is 0 Å². The fraction of sp³-hybridized carbons (Fsp3) is 0.435. The fourth-order valence-electron chi connectivity index (χ4n) is 3.41. The smallest absolute Gasteiger partial charge is 0.303 e. The lowest BCUT2D eigenvalue weighted by molar-refractivity contribution is -0.158. The van der Waals surface area contributed by atoms with E-state index in [0.717, 1.165) is 5.56 Å². The number of hydrogen-bond acceptors (Lipinski definition) is 8. The molecule has 1 aliphatic rings. The van der Waals surface area contributed by atoms with Crippen molar-refractivity contribution in [3.05, 3.63) is 58.1 Å². The predicted molar refractivity (Wildman–Crippen MR) is 121 cm³/mol. The number of ether oxygens (including phenoxy) is 2. The van der Waals surface area contributed by atoms with Gasteiger partial charge in [0.15, 0.2) is 6.10 Å². The summed E-state index contributed by atoms with van der Waals surface area (Å²) >= 11 is 1.67. The van der Waals surface area contributed by atoms with Crippen molar-refractivity contribution >= 4 is 23.6 Å². The average molecular weight is 461 g/mol. The van der Waals surface area contributed by atoms with E-state index in [1.165, 1.54) is 24.1 Å². The minimum atomic E-state index is -0.784. The van der Waals surface area contributed by atoms with Crippen molar-refractivity contribution in [3.8, 4) is 5.75 Å². The largest absolute Gasteiger partial charge is 0.482 e. The quantitative estimate of drug-likeness (QED) is 0.439. The second kappa shape index (κ2) is 11.2. The molecule has 0 radical (unpaired) electrons. The van der Waals surface area contributed by atoms with Gasteiger partial charge in [-0.1, -0.05) is 12.1 Å². The zero-order valence-electron chi connectivity index (χ0n) is 18.5. The van der Waals surface area contributed by atoms with Gasteiger partial charge < -0.3 is 18.8 Å². The zero-order valence-corrected chi connectivity index (χ0v) is 19.4. The van der Waals surface area contributed by atoms with Gasteiger partial charge in [0, 0.05) is 44.1 Å². The molecule has 0 aliphatic carbocycles. The molecule has 0 spiro atoms. The lowest BCUT2D eigenvalue weighted by Crippen LogP contribution is -2.51. The first-order chi connectivity index (χ1) is 15.4. The summed E-state index contributed by atoms with van der Waals surface area (Å²) in [6, 6.07) is 9.42. The molecule has 2 heterocycles. The van der Waals surface area contributed by atoms with Crippen LogP contribution in [0.5, 0.6) is 5.75 Å². The van der Waals surface area contributed by atoms with Gasteiger partial charge in [0.25, 0.3) is 5.91 Å². The number of carbonyl (C=O) groups excluding carboxylic acids is 2. The SMILES string of the molecule is CSc1ccc(COc2coc(CN3CCN(C(=O)[C@H](C)OC(C)=O)CC3)cc2=O)cc1. The Hall–Kier alpha value is -2.78. The highest BCUT2D eigenvalue weighted by Gasteiger charge is 2.26. The van der Waals surface area contributed by atoms with Crippen LogP contribution in [0.1, 0.15) is 25.2 Å². The van der Waals surface area contributed by atoms with E-state index in [-0.39, 0.29) is 17.1 Å². The summed E-state index contributed by atoms with van der Waals surface area (Å²) in [4.78, 5) is 40.7. The molecule has 3 rings (SSSR count). The highest BCUT2D eigenvalue weighted by atomic mass is 32.2. The maximum absolute atomic E-state index is 12.4. The average Bonchev–Trinajstić information content (AvgIpc) is 2.78. The molecule has 1 amide bonds. The van der Waals surface area contributed by atoms with Gasteiger partial charge in [-0.2, -0.15) is 0 Å². The van der Waals surface area contributed by atoms with Crippen LogP contribution in [0.2, 0.25) is 0 Å². The van der Waals surface area contributed by atoms with Crippen LogP contribution < -0.4 is 10.2 Å². The fourth-order valence-corrected chi connectivity index (χ4v) is 3.82. The van der Waals surface area contributed by atoms with Crippen molar-refractivity contribution in [1.82, 2.24) is 9.80 Å². The molecule has 9 heteroatoms. The number of amides is 1. The van der Waals surface area contributed by atoms with E-state index in [2.05, 4.69) is 4.90 Å². The molecule has 1 aromatic carbocycles. The molecule has 1 atom stereocenters. The van der Waals surface area contributed by atoms with Crippen LogP contribution in [0.25, 0.3) is 0 Å². The first-order valence-corrected chi connectivity index (χ1v) is 11.6. The molecule has 0 N–H and O–H groups in total. The van der Waals surface area contributed by atoms with E-state index in [9.17, 15) is 14.4 Å². The van der Waals surface area contributed by atoms with E-state index in [4.69, 9.17) is 13.9 Å². The Morgan fingerprint density at radius 2 is 1.84 bits per heavy atom. The Morgan fingerprint density at radius 3 is 2.44 bits per heavy atom. The summed E-state index contributed by atoms with van der Waals surface area (Å²) in [7, 11) is 0. The van der Waals surface area contributed by atoms with Gasteiger partial charge in [0.1, 0.15) is 18.6 Å². The third kappa shape index (κ3) is 6.61. The van der Waals surface area contributed by atoms with Crippen molar-refractivity contribution < 1.29 is 23.5 Å². The monoisotopic (exact) mass is 460 g/mol. The van der Waals surface area contributed by atoms with Crippen molar-refractivity contribution in [3.63, 3.8) is 0 Å². The topological polar surface area (TPSA) is 89.3 Å². The third-order valence-electron chi connectivity index (χ3n) is 5.16. The van der Waals surface area contributed by atoms with Gasteiger partial charge in [0.05, 0.1) is 6.54 Å². The number of hydrogen-bond donors (Lipinski definition) is 0. The van der Waals surface area contributed by atoms with Gasteiger partial charge in [-0.15, -0.1) is 11.8 Å². The summed E-state index contributed by atoms with van der Waals surface area (Å²) in [5.74, 6) is 0.0497. The summed E-state index contributed by atoms with van der Waals surface area (Å²) in [6.45, 7) is 5.92. The minimum Gasteiger partial charge on any atom is -0.482 e. The van der Waals surface area contributed by atoms with Crippen LogP contribution in [0.4, 0.5) is 0 Å². The molecule has 0 unspecified atom stereocenters. The Kier molecular flexibility index (Phi) is 8.35. The molecule has 1 aliphatic heterocycles. The molecule has 2 aromatic rings. The Balaban J connectivity index is 1.49. The van der Waals surface area contributed by atoms with E-state index in [1.54, 1.807) is 23.6 Å². The van der Waals surface area contributed by atoms with Crippen molar-refractivity contribution in [2.24, 2.45) is 0 Å². The minimum absolute atomic E-state index is 0.178. The van der Waals surface area contributed by atoms with Gasteiger partial charge in [-0.25, -0.2) is 0 Å². The van der Waals surface area contributed by atoms with E-state index < -0.39 is 12.1 Å². The summed E-state index contributed by atoms with van der Waals surface area (Å²) in [6.07, 6.45) is 2.59. The predicted octanol–water partition coefficient (Wildman–Crippen LogP) is 2.54. The first-order valence-electron chi connectivity index (χ1n) is 10.4. The number of piperazine rings is 1. The highest BCUT2D eigenvalue weighted by molar-refractivity contribution is 7.98. The van der Waals surface area contributed by atoms with Gasteiger partial charge in [-0.3, -0.25) is 19.3 Å². The maximum atomic E-state index is 12.4. The van der Waals surface area contributed by atoms with Crippen LogP contribution in [-0.4, -0.2) is 60.2 Å². The van der Waals surface area contributed by atoms with Crippen LogP contribution >= 0.6 is 11.8 Å². The van der Waals surface area contributed by atoms with Gasteiger partial charge >= 0.3 is 5.97 Å². The second-order valence-corrected chi connectivity index (χ2v) is 8.44. The maximum Gasteiger partial charge on any atom is 0.303 e. The van der Waals surface area contributed by atoms with E-state index in [0.29, 0.717) is 45.1 Å². The van der Waals surface area contributed by atoms with Gasteiger partial charge in [-0.05, 0) is 30.9 Å². The van der Waals surface area contributed by atoms with Crippen LogP contribution in [0.3, 0.4) is 0 Å².